The fourth-order valence-electron chi connectivity index (χ4n) is 0.438. The average molecular weight is 414 g/mol. The molecule has 0 aliphatic rings. The summed E-state index contributed by atoms with van der Waals surface area (Å²) in [6.07, 6.45) is 1.61. The number of alkyl halides is 3. The third-order valence-electron chi connectivity index (χ3n) is 1.67. The maximum atomic E-state index is 10.5. The molecule has 0 radical (unpaired) electrons. The molecule has 2 atom stereocenters. The van der Waals surface area contributed by atoms with Crippen LogP contribution in [-0.4, -0.2) is 50.0 Å². The Hall–Kier alpha value is 0.220. The van der Waals surface area contributed by atoms with Gasteiger partial charge in [-0.3, -0.25) is 0 Å². The van der Waals surface area contributed by atoms with Crippen LogP contribution in [0.2, 0.25) is 0 Å². The Balaban J connectivity index is -0.000000121. The fourth-order valence-corrected chi connectivity index (χ4v) is 0.438. The molecule has 0 saturated carbocycles. The summed E-state index contributed by atoms with van der Waals surface area (Å²) in [7, 11) is 0. The molecule has 0 aromatic heterocycles. The van der Waals surface area contributed by atoms with Crippen molar-refractivity contribution in [3.63, 3.8) is 0 Å². The summed E-state index contributed by atoms with van der Waals surface area (Å²) in [5, 5.41) is 25.5. The van der Waals surface area contributed by atoms with Gasteiger partial charge in [0.05, 0.1) is 18.3 Å². The largest absolute Gasteiger partial charge is 0.464 e. The smallest absolute Gasteiger partial charge is 0.334 e. The number of halogens is 3. The maximum absolute atomic E-state index is 10.5. The second-order valence-corrected chi connectivity index (χ2v) is 7.85. The van der Waals surface area contributed by atoms with Crippen molar-refractivity contribution in [1.82, 2.24) is 0 Å². The first-order valence-electron chi connectivity index (χ1n) is 7.86. The highest BCUT2D eigenvalue weighted by Crippen LogP contribution is 2.03. The topological polar surface area (TPSA) is 87.0 Å². The molecule has 0 spiro atoms. The van der Waals surface area contributed by atoms with E-state index in [-0.39, 0.29) is 6.10 Å². The minimum Gasteiger partial charge on any atom is -0.464 e. The lowest BCUT2D eigenvalue weighted by Gasteiger charge is -2.04. The van der Waals surface area contributed by atoms with Crippen molar-refractivity contribution in [2.45, 2.75) is 89.8 Å². The van der Waals surface area contributed by atoms with Gasteiger partial charge in [0.25, 0.3) is 0 Å². The van der Waals surface area contributed by atoms with Gasteiger partial charge in [0.2, 0.25) is 0 Å². The van der Waals surface area contributed by atoms with Crippen LogP contribution >= 0.6 is 34.8 Å². The summed E-state index contributed by atoms with van der Waals surface area (Å²) < 4.78 is 3.90. The van der Waals surface area contributed by atoms with Gasteiger partial charge in [-0.1, -0.05) is 55.1 Å². The van der Waals surface area contributed by atoms with Crippen molar-refractivity contribution < 1.29 is 24.9 Å². The summed E-state index contributed by atoms with van der Waals surface area (Å²) in [4.78, 5) is 10.5. The van der Waals surface area contributed by atoms with Gasteiger partial charge in [-0.2, -0.15) is 0 Å². The van der Waals surface area contributed by atoms with Crippen LogP contribution in [0.4, 0.5) is 0 Å². The molecular weight excluding hydrogens is 379 g/mol. The molecule has 0 aromatic rings. The Kier molecular flexibility index (Phi) is 28.3. The van der Waals surface area contributed by atoms with Crippen molar-refractivity contribution >= 4 is 40.8 Å². The second-order valence-electron chi connectivity index (χ2n) is 5.87. The molecule has 0 bridgehead atoms. The summed E-state index contributed by atoms with van der Waals surface area (Å²) in [6.45, 7) is 12.8. The first-order chi connectivity index (χ1) is 10.7. The Labute approximate surface area is 162 Å². The van der Waals surface area contributed by atoms with Crippen molar-refractivity contribution in [2.75, 3.05) is 6.61 Å². The molecule has 3 N–H and O–H groups in total. The van der Waals surface area contributed by atoms with Crippen LogP contribution in [0.1, 0.15) is 67.7 Å². The zero-order chi connectivity index (χ0) is 20.3. The standard InChI is InChI=1S/C7H14O3.2C4H10O.CHCl3/c1-3-4-5-10-7(9)6(2)8;1-4(2,3)5;1-3-4(2)5;2-1(3)4/h6,8H,3-5H2,1-2H3;5H,1-3H3;4-5H,3H2,1-2H3;1H. The fraction of sp³-hybridized carbons (Fsp3) is 0.938. The SMILES string of the molecule is CC(C)(C)O.CCC(C)O.CCCCOC(=O)C(C)O.ClC(Cl)Cl. The molecule has 5 nitrogen and oxygen atoms in total. The Bertz CT molecular complexity index is 246. The summed E-state index contributed by atoms with van der Waals surface area (Å²) in [5.41, 5.74) is -0.500. The molecule has 0 saturated heterocycles. The van der Waals surface area contributed by atoms with Crippen LogP contribution in [0, 0.1) is 0 Å². The molecule has 8 heteroatoms. The molecule has 24 heavy (non-hydrogen) atoms. The van der Waals surface area contributed by atoms with Gasteiger partial charge >= 0.3 is 5.97 Å². The van der Waals surface area contributed by atoms with Crippen molar-refractivity contribution in [3.8, 4) is 0 Å². The highest BCUT2D eigenvalue weighted by molar-refractivity contribution is 6.63. The summed E-state index contributed by atoms with van der Waals surface area (Å²) >= 11 is 14.4. The maximum Gasteiger partial charge on any atom is 0.334 e. The summed E-state index contributed by atoms with van der Waals surface area (Å²) in [6, 6.07) is 0. The van der Waals surface area contributed by atoms with E-state index >= 15 is 0 Å². The Morgan fingerprint density at radius 2 is 1.38 bits per heavy atom. The lowest BCUT2D eigenvalue weighted by Crippen LogP contribution is -2.19. The van der Waals surface area contributed by atoms with Gasteiger partial charge in [-0.15, -0.1) is 0 Å². The van der Waals surface area contributed by atoms with E-state index in [2.05, 4.69) is 4.74 Å². The number of aliphatic hydroxyl groups excluding tert-OH is 2. The van der Waals surface area contributed by atoms with Gasteiger partial charge in [0.15, 0.2) is 4.30 Å². The molecule has 0 fully saturated rings. The van der Waals surface area contributed by atoms with E-state index in [1.54, 1.807) is 27.7 Å². The van der Waals surface area contributed by atoms with E-state index in [1.165, 1.54) is 6.92 Å². The molecule has 150 valence electrons. The predicted octanol–water partition coefficient (Wildman–Crippen LogP) is 4.25. The zero-order valence-corrected chi connectivity index (χ0v) is 18.1. The first kappa shape index (κ1) is 31.9. The third-order valence-corrected chi connectivity index (χ3v) is 1.67. The van der Waals surface area contributed by atoms with Gasteiger partial charge in [0.1, 0.15) is 6.10 Å². The number of hydrogen-bond donors (Lipinski definition) is 3. The van der Waals surface area contributed by atoms with Crippen LogP contribution in [0.15, 0.2) is 0 Å². The van der Waals surface area contributed by atoms with E-state index in [9.17, 15) is 4.79 Å². The van der Waals surface area contributed by atoms with Crippen molar-refractivity contribution in [3.05, 3.63) is 0 Å². The molecule has 0 aliphatic carbocycles. The molecule has 0 aliphatic heterocycles. The molecule has 0 aromatic carbocycles. The highest BCUT2D eigenvalue weighted by atomic mass is 35.6. The normalized spacial score (nSPS) is 12.4. The first-order valence-corrected chi connectivity index (χ1v) is 9.17. The number of ether oxygens (including phenoxy) is 1. The van der Waals surface area contributed by atoms with E-state index in [1.807, 2.05) is 13.8 Å². The number of rotatable bonds is 5. The number of aliphatic hydroxyl groups is 3. The molecule has 0 rings (SSSR count). The van der Waals surface area contributed by atoms with Crippen molar-refractivity contribution in [2.24, 2.45) is 0 Å². The van der Waals surface area contributed by atoms with E-state index in [0.29, 0.717) is 6.61 Å². The summed E-state index contributed by atoms with van der Waals surface area (Å²) in [5.74, 6) is -0.534. The van der Waals surface area contributed by atoms with Gasteiger partial charge in [0, 0.05) is 0 Å². The number of unbranched alkanes of at least 4 members (excludes halogenated alkanes) is 1. The molecule has 2 unspecified atom stereocenters. The molecule has 0 heterocycles. The van der Waals surface area contributed by atoms with Crippen LogP contribution < -0.4 is 0 Å². The van der Waals surface area contributed by atoms with Crippen LogP contribution in [0.3, 0.4) is 0 Å². The molecule has 0 amide bonds. The zero-order valence-electron chi connectivity index (χ0n) is 15.9. The monoisotopic (exact) mass is 412 g/mol. The minimum atomic E-state index is -0.989. The average Bonchev–Trinajstić information content (AvgIpc) is 2.36. The van der Waals surface area contributed by atoms with Crippen LogP contribution in [0.5, 0.6) is 0 Å². The van der Waals surface area contributed by atoms with Crippen molar-refractivity contribution in [1.29, 1.82) is 0 Å². The van der Waals surface area contributed by atoms with E-state index in [0.717, 1.165) is 19.3 Å². The third kappa shape index (κ3) is 79.5. The minimum absolute atomic E-state index is 0.116. The number of hydrogen-bond acceptors (Lipinski definition) is 5. The van der Waals surface area contributed by atoms with E-state index in [4.69, 9.17) is 50.1 Å². The quantitative estimate of drug-likeness (QED) is 0.356. The highest BCUT2D eigenvalue weighted by Gasteiger charge is 2.08. The molecular formula is C16H35Cl3O5. The van der Waals surface area contributed by atoms with Crippen LogP contribution in [-0.2, 0) is 9.53 Å². The number of carbonyl (C=O) groups excluding carboxylic acids is 1. The van der Waals surface area contributed by atoms with Crippen LogP contribution in [0.25, 0.3) is 0 Å². The lowest BCUT2D eigenvalue weighted by atomic mass is 10.2. The van der Waals surface area contributed by atoms with E-state index < -0.39 is 22.0 Å². The number of carbonyl (C=O) groups is 1. The predicted molar refractivity (Wildman–Crippen MR) is 103 cm³/mol. The van der Waals surface area contributed by atoms with Gasteiger partial charge in [-0.05, 0) is 47.5 Å². The second kappa shape index (κ2) is 21.3. The van der Waals surface area contributed by atoms with Gasteiger partial charge < -0.3 is 20.1 Å². The Morgan fingerprint density at radius 3 is 1.54 bits per heavy atom. The van der Waals surface area contributed by atoms with Gasteiger partial charge in [-0.25, -0.2) is 4.79 Å². The number of esters is 1. The lowest BCUT2D eigenvalue weighted by molar-refractivity contribution is -0.152. The Morgan fingerprint density at radius 1 is 1.08 bits per heavy atom.